The van der Waals surface area contributed by atoms with E-state index < -0.39 is 11.3 Å². The fraction of sp³-hybridized carbons (Fsp3) is 0.450. The SMILES string of the molecule is CC(Sc1nccn1Cc1ccccc1)C(=O)NC(=O)NC1CCCCC1. The van der Waals surface area contributed by atoms with Gasteiger partial charge in [-0.2, -0.15) is 0 Å². The Morgan fingerprint density at radius 3 is 2.70 bits per heavy atom. The van der Waals surface area contributed by atoms with Crippen LogP contribution in [0.4, 0.5) is 4.79 Å². The van der Waals surface area contributed by atoms with Crippen molar-refractivity contribution in [1.29, 1.82) is 0 Å². The number of amides is 3. The summed E-state index contributed by atoms with van der Waals surface area (Å²) in [6.07, 6.45) is 9.10. The Hall–Kier alpha value is -2.28. The summed E-state index contributed by atoms with van der Waals surface area (Å²) >= 11 is 1.35. The number of urea groups is 1. The van der Waals surface area contributed by atoms with E-state index in [0.29, 0.717) is 6.54 Å². The highest BCUT2D eigenvalue weighted by molar-refractivity contribution is 8.00. The largest absolute Gasteiger partial charge is 0.335 e. The topological polar surface area (TPSA) is 76.0 Å². The molecule has 0 aliphatic heterocycles. The minimum atomic E-state index is -0.418. The van der Waals surface area contributed by atoms with Gasteiger partial charge in [-0.25, -0.2) is 9.78 Å². The van der Waals surface area contributed by atoms with Gasteiger partial charge in [-0.05, 0) is 25.3 Å². The Bertz CT molecular complexity index is 756. The average molecular weight is 387 g/mol. The maximum atomic E-state index is 12.4. The number of nitrogens with zero attached hydrogens (tertiary/aromatic N) is 2. The van der Waals surface area contributed by atoms with E-state index in [9.17, 15) is 9.59 Å². The monoisotopic (exact) mass is 386 g/mol. The first kappa shape index (κ1) is 19.5. The molecule has 144 valence electrons. The van der Waals surface area contributed by atoms with Crippen LogP contribution in [0.5, 0.6) is 0 Å². The van der Waals surface area contributed by atoms with Crippen LogP contribution in [-0.4, -0.2) is 32.8 Å². The van der Waals surface area contributed by atoms with Crippen molar-refractivity contribution in [2.75, 3.05) is 0 Å². The van der Waals surface area contributed by atoms with Crippen molar-refractivity contribution in [3.05, 3.63) is 48.3 Å². The molecule has 2 aromatic rings. The van der Waals surface area contributed by atoms with Crippen LogP contribution < -0.4 is 10.6 Å². The summed E-state index contributed by atoms with van der Waals surface area (Å²) in [5.41, 5.74) is 1.17. The van der Waals surface area contributed by atoms with Crippen molar-refractivity contribution >= 4 is 23.7 Å². The third-order valence-corrected chi connectivity index (χ3v) is 5.82. The molecular weight excluding hydrogens is 360 g/mol. The van der Waals surface area contributed by atoms with Crippen molar-refractivity contribution in [3.8, 4) is 0 Å². The Labute approximate surface area is 164 Å². The van der Waals surface area contributed by atoms with Crippen LogP contribution in [0.25, 0.3) is 0 Å². The molecule has 6 nitrogen and oxygen atoms in total. The summed E-state index contributed by atoms with van der Waals surface area (Å²) in [6.45, 7) is 2.48. The molecule has 0 radical (unpaired) electrons. The number of benzene rings is 1. The number of carbonyl (C=O) groups excluding carboxylic acids is 2. The summed E-state index contributed by atoms with van der Waals surface area (Å²) in [5, 5.41) is 5.71. The number of carbonyl (C=O) groups is 2. The molecule has 1 aromatic heterocycles. The van der Waals surface area contributed by atoms with Crippen LogP contribution in [0.3, 0.4) is 0 Å². The lowest BCUT2D eigenvalue weighted by Gasteiger charge is -2.23. The molecule has 0 spiro atoms. The number of hydrogen-bond donors (Lipinski definition) is 2. The van der Waals surface area contributed by atoms with E-state index in [1.165, 1.54) is 23.7 Å². The van der Waals surface area contributed by atoms with Crippen molar-refractivity contribution in [1.82, 2.24) is 20.2 Å². The summed E-state index contributed by atoms with van der Waals surface area (Å²) < 4.78 is 2.01. The number of imide groups is 1. The van der Waals surface area contributed by atoms with Gasteiger partial charge in [0.15, 0.2) is 5.16 Å². The van der Waals surface area contributed by atoms with Crippen LogP contribution in [-0.2, 0) is 11.3 Å². The van der Waals surface area contributed by atoms with E-state index in [1.807, 2.05) is 29.0 Å². The molecule has 3 rings (SSSR count). The summed E-state index contributed by atoms with van der Waals surface area (Å²) in [5.74, 6) is -0.303. The second kappa shape index (κ2) is 9.60. The number of imidazole rings is 1. The van der Waals surface area contributed by atoms with E-state index >= 15 is 0 Å². The van der Waals surface area contributed by atoms with Gasteiger partial charge in [0.25, 0.3) is 0 Å². The molecule has 27 heavy (non-hydrogen) atoms. The molecule has 2 N–H and O–H groups in total. The average Bonchev–Trinajstić information content (AvgIpc) is 3.10. The Morgan fingerprint density at radius 1 is 1.22 bits per heavy atom. The minimum absolute atomic E-state index is 0.180. The van der Waals surface area contributed by atoms with Crippen molar-refractivity contribution in [3.63, 3.8) is 0 Å². The quantitative estimate of drug-likeness (QED) is 0.744. The fourth-order valence-corrected chi connectivity index (χ4v) is 4.07. The maximum absolute atomic E-state index is 12.4. The smallest absolute Gasteiger partial charge is 0.321 e. The van der Waals surface area contributed by atoms with E-state index in [-0.39, 0.29) is 11.9 Å². The van der Waals surface area contributed by atoms with Crippen molar-refractivity contribution in [2.45, 2.75) is 62.0 Å². The molecule has 1 fully saturated rings. The van der Waals surface area contributed by atoms with Gasteiger partial charge in [0.05, 0.1) is 5.25 Å². The van der Waals surface area contributed by atoms with Gasteiger partial charge in [-0.3, -0.25) is 10.1 Å². The van der Waals surface area contributed by atoms with Crippen LogP contribution in [0.15, 0.2) is 47.9 Å². The summed E-state index contributed by atoms with van der Waals surface area (Å²) in [7, 11) is 0. The van der Waals surface area contributed by atoms with Gasteiger partial charge in [0.2, 0.25) is 5.91 Å². The predicted molar refractivity (Wildman–Crippen MR) is 107 cm³/mol. The predicted octanol–water partition coefficient (Wildman–Crippen LogP) is 3.57. The second-order valence-electron chi connectivity index (χ2n) is 6.88. The molecular formula is C20H26N4O2S. The van der Waals surface area contributed by atoms with E-state index in [2.05, 4.69) is 27.8 Å². The second-order valence-corrected chi connectivity index (χ2v) is 8.19. The Balaban J connectivity index is 1.51. The molecule has 7 heteroatoms. The highest BCUT2D eigenvalue weighted by Crippen LogP contribution is 2.22. The molecule has 0 bridgehead atoms. The van der Waals surface area contributed by atoms with Crippen molar-refractivity contribution < 1.29 is 9.59 Å². The lowest BCUT2D eigenvalue weighted by molar-refractivity contribution is -0.119. The first-order valence-corrected chi connectivity index (χ1v) is 10.3. The van der Waals surface area contributed by atoms with E-state index in [1.54, 1.807) is 13.1 Å². The minimum Gasteiger partial charge on any atom is -0.335 e. The zero-order valence-corrected chi connectivity index (χ0v) is 16.4. The third kappa shape index (κ3) is 5.85. The van der Waals surface area contributed by atoms with Crippen LogP contribution in [0, 0.1) is 0 Å². The number of aromatic nitrogens is 2. The van der Waals surface area contributed by atoms with Gasteiger partial charge in [0, 0.05) is 25.0 Å². The normalized spacial score (nSPS) is 15.9. The van der Waals surface area contributed by atoms with Crippen molar-refractivity contribution in [2.24, 2.45) is 0 Å². The van der Waals surface area contributed by atoms with Crippen LogP contribution >= 0.6 is 11.8 Å². The van der Waals surface area contributed by atoms with Crippen LogP contribution in [0.2, 0.25) is 0 Å². The molecule has 1 unspecified atom stereocenters. The fourth-order valence-electron chi connectivity index (χ4n) is 3.21. The van der Waals surface area contributed by atoms with Gasteiger partial charge in [0.1, 0.15) is 0 Å². The zero-order valence-electron chi connectivity index (χ0n) is 15.6. The first-order chi connectivity index (χ1) is 13.1. The van der Waals surface area contributed by atoms with Gasteiger partial charge >= 0.3 is 6.03 Å². The molecule has 1 atom stereocenters. The molecule has 0 saturated heterocycles. The van der Waals surface area contributed by atoms with Crippen LogP contribution in [0.1, 0.15) is 44.6 Å². The lowest BCUT2D eigenvalue weighted by atomic mass is 9.96. The van der Waals surface area contributed by atoms with E-state index in [0.717, 1.165) is 30.8 Å². The molecule has 1 heterocycles. The molecule has 1 aromatic carbocycles. The summed E-state index contributed by atoms with van der Waals surface area (Å²) in [6, 6.07) is 9.88. The molecule has 1 aliphatic carbocycles. The van der Waals surface area contributed by atoms with E-state index in [4.69, 9.17) is 0 Å². The number of rotatable bonds is 6. The Kier molecular flexibility index (Phi) is 6.92. The van der Waals surface area contributed by atoms with Gasteiger partial charge in [-0.1, -0.05) is 61.4 Å². The van der Waals surface area contributed by atoms with Gasteiger partial charge < -0.3 is 9.88 Å². The number of nitrogens with one attached hydrogen (secondary N) is 2. The highest BCUT2D eigenvalue weighted by atomic mass is 32.2. The molecule has 1 aliphatic rings. The number of hydrogen-bond acceptors (Lipinski definition) is 4. The molecule has 3 amide bonds. The first-order valence-electron chi connectivity index (χ1n) is 9.45. The number of thioether (sulfide) groups is 1. The summed E-state index contributed by atoms with van der Waals surface area (Å²) in [4.78, 5) is 28.8. The van der Waals surface area contributed by atoms with Gasteiger partial charge in [-0.15, -0.1) is 0 Å². The molecule has 1 saturated carbocycles. The lowest BCUT2D eigenvalue weighted by Crippen LogP contribution is -2.47. The Morgan fingerprint density at radius 2 is 1.96 bits per heavy atom. The standard InChI is InChI=1S/C20H26N4O2S/c1-15(18(25)23-19(26)22-17-10-6-3-7-11-17)27-20-21-12-13-24(20)14-16-8-4-2-5-9-16/h2,4-5,8-9,12-13,15,17H,3,6-7,10-11,14H2,1H3,(H2,22,23,25,26). The maximum Gasteiger partial charge on any atom is 0.321 e. The zero-order chi connectivity index (χ0) is 19.1. The third-order valence-electron chi connectivity index (χ3n) is 4.70. The highest BCUT2D eigenvalue weighted by Gasteiger charge is 2.21.